The van der Waals surface area contributed by atoms with Crippen molar-refractivity contribution < 1.29 is 28.7 Å². The second-order valence-corrected chi connectivity index (χ2v) is 15.4. The van der Waals surface area contributed by atoms with Gasteiger partial charge in [0.25, 0.3) is 5.91 Å². The zero-order valence-corrected chi connectivity index (χ0v) is 32.0. The highest BCUT2D eigenvalue weighted by Gasteiger charge is 2.35. The minimum atomic E-state index is -1.43. The third-order valence-electron chi connectivity index (χ3n) is 9.21. The van der Waals surface area contributed by atoms with E-state index >= 15 is 0 Å². The van der Waals surface area contributed by atoms with Crippen molar-refractivity contribution >= 4 is 29.6 Å². The molecule has 54 heavy (non-hydrogen) atoms. The number of hydrogen-bond acceptors (Lipinski definition) is 7. The zero-order chi connectivity index (χ0) is 38.9. The van der Waals surface area contributed by atoms with Gasteiger partial charge in [-0.15, -0.1) is 0 Å². The van der Waals surface area contributed by atoms with E-state index in [9.17, 15) is 19.2 Å². The summed E-state index contributed by atoms with van der Waals surface area (Å²) in [5.41, 5.74) is 1.58. The lowest BCUT2D eigenvalue weighted by molar-refractivity contribution is -0.135. The molecular formula is C42H52N6O6. The Bertz CT molecular complexity index is 1860. The normalized spacial score (nSPS) is 14.8. The molecule has 5 rings (SSSR count). The van der Waals surface area contributed by atoms with E-state index in [4.69, 9.17) is 9.47 Å². The molecule has 1 fully saturated rings. The quantitative estimate of drug-likeness (QED) is 0.145. The summed E-state index contributed by atoms with van der Waals surface area (Å²) in [5.74, 6) is -0.516. The minimum Gasteiger partial charge on any atom is -0.444 e. The number of carbonyl (C=O) groups excluding carboxylic acids is 4. The van der Waals surface area contributed by atoms with Crippen LogP contribution in [0.5, 0.6) is 0 Å². The lowest BCUT2D eigenvalue weighted by atomic mass is 9.96. The van der Waals surface area contributed by atoms with Gasteiger partial charge in [0.1, 0.15) is 23.2 Å². The van der Waals surface area contributed by atoms with Gasteiger partial charge in [0.2, 0.25) is 11.8 Å². The number of hydrogen-bond donors (Lipinski definition) is 3. The van der Waals surface area contributed by atoms with Gasteiger partial charge in [0, 0.05) is 19.3 Å². The fourth-order valence-electron chi connectivity index (χ4n) is 6.09. The zero-order valence-electron chi connectivity index (χ0n) is 32.0. The number of amides is 4. The predicted octanol–water partition coefficient (Wildman–Crippen LogP) is 6.34. The Balaban J connectivity index is 1.35. The van der Waals surface area contributed by atoms with Gasteiger partial charge in [-0.1, -0.05) is 91.9 Å². The highest BCUT2D eigenvalue weighted by molar-refractivity contribution is 5.98. The van der Waals surface area contributed by atoms with Crippen molar-refractivity contribution in [2.45, 2.75) is 84.2 Å². The number of rotatable bonds is 13. The minimum absolute atomic E-state index is 0.0520. The largest absolute Gasteiger partial charge is 0.444 e. The Morgan fingerprint density at radius 1 is 0.852 bits per heavy atom. The van der Waals surface area contributed by atoms with Crippen molar-refractivity contribution in [1.82, 2.24) is 25.1 Å². The van der Waals surface area contributed by atoms with E-state index in [1.165, 1.54) is 20.2 Å². The summed E-state index contributed by atoms with van der Waals surface area (Å²) in [5, 5.41) is 8.10. The van der Waals surface area contributed by atoms with Crippen molar-refractivity contribution in [3.8, 4) is 11.1 Å². The molecule has 4 aromatic rings. The van der Waals surface area contributed by atoms with E-state index in [-0.39, 0.29) is 24.9 Å². The SMILES string of the molecule is CC1CCN(C(=O)C(c2ccc(-c3ccccc3)cc2)n2cnc(NC(=O)[C@@H](COCc3ccccc3)NC(=O)C(C)(C)NC(=O)OC(C)(C)C)c2)CC1. The molecule has 12 nitrogen and oxygen atoms in total. The van der Waals surface area contributed by atoms with Gasteiger partial charge in [-0.05, 0) is 75.6 Å². The Morgan fingerprint density at radius 3 is 2.09 bits per heavy atom. The summed E-state index contributed by atoms with van der Waals surface area (Å²) >= 11 is 0. The number of ether oxygens (including phenoxy) is 2. The first-order chi connectivity index (χ1) is 25.7. The van der Waals surface area contributed by atoms with Crippen LogP contribution in [0.4, 0.5) is 10.6 Å². The molecule has 3 aromatic carbocycles. The molecule has 1 aliphatic rings. The third-order valence-corrected chi connectivity index (χ3v) is 9.21. The van der Waals surface area contributed by atoms with Gasteiger partial charge < -0.3 is 34.9 Å². The summed E-state index contributed by atoms with van der Waals surface area (Å²) in [6.45, 7) is 11.8. The Labute approximate surface area is 317 Å². The summed E-state index contributed by atoms with van der Waals surface area (Å²) in [6.07, 6.45) is 4.24. The number of nitrogens with one attached hydrogen (secondary N) is 3. The van der Waals surface area contributed by atoms with Gasteiger partial charge in [0.05, 0.1) is 19.5 Å². The van der Waals surface area contributed by atoms with Gasteiger partial charge in [-0.2, -0.15) is 0 Å². The predicted molar refractivity (Wildman–Crippen MR) is 207 cm³/mol. The number of likely N-dealkylation sites (tertiary alicyclic amines) is 1. The lowest BCUT2D eigenvalue weighted by Crippen LogP contribution is -2.59. The molecular weight excluding hydrogens is 684 g/mol. The summed E-state index contributed by atoms with van der Waals surface area (Å²) in [4.78, 5) is 60.4. The number of aromatic nitrogens is 2. The molecule has 2 atom stereocenters. The summed E-state index contributed by atoms with van der Waals surface area (Å²) in [6, 6.07) is 25.5. The van der Waals surface area contributed by atoms with Crippen LogP contribution >= 0.6 is 0 Å². The van der Waals surface area contributed by atoms with Crippen LogP contribution in [0.25, 0.3) is 11.1 Å². The molecule has 1 unspecified atom stereocenters. The summed E-state index contributed by atoms with van der Waals surface area (Å²) < 4.78 is 12.9. The number of nitrogens with zero attached hydrogens (tertiary/aromatic N) is 3. The van der Waals surface area contributed by atoms with Gasteiger partial charge >= 0.3 is 6.09 Å². The molecule has 0 saturated carbocycles. The maximum Gasteiger partial charge on any atom is 0.408 e. The Hall–Kier alpha value is -5.49. The smallest absolute Gasteiger partial charge is 0.408 e. The molecule has 4 amide bonds. The lowest BCUT2D eigenvalue weighted by Gasteiger charge is -2.33. The number of benzene rings is 3. The highest BCUT2D eigenvalue weighted by Crippen LogP contribution is 2.28. The van der Waals surface area contributed by atoms with E-state index in [2.05, 4.69) is 27.9 Å². The second-order valence-electron chi connectivity index (χ2n) is 15.4. The Morgan fingerprint density at radius 2 is 1.46 bits per heavy atom. The van der Waals surface area contributed by atoms with Crippen molar-refractivity contribution in [1.29, 1.82) is 0 Å². The highest BCUT2D eigenvalue weighted by atomic mass is 16.6. The van der Waals surface area contributed by atoms with E-state index in [0.29, 0.717) is 19.0 Å². The monoisotopic (exact) mass is 736 g/mol. The first-order valence-corrected chi connectivity index (χ1v) is 18.4. The van der Waals surface area contributed by atoms with Gasteiger partial charge in [0.15, 0.2) is 5.82 Å². The first-order valence-electron chi connectivity index (χ1n) is 18.4. The molecule has 3 N–H and O–H groups in total. The number of imidazole rings is 1. The molecule has 1 aliphatic heterocycles. The third kappa shape index (κ3) is 11.0. The number of carbonyl (C=O) groups is 4. The van der Waals surface area contributed by atoms with Crippen molar-refractivity contribution in [3.05, 3.63) is 109 Å². The van der Waals surface area contributed by atoms with Crippen LogP contribution in [-0.2, 0) is 30.5 Å². The van der Waals surface area contributed by atoms with Crippen molar-refractivity contribution in [3.63, 3.8) is 0 Å². The van der Waals surface area contributed by atoms with E-state index in [0.717, 1.165) is 35.1 Å². The standard InChI is InChI=1S/C42H52N6O6/c1-29-21-23-47(24-22-29)38(50)36(33-19-17-32(18-20-33)31-15-11-8-12-16-31)48-25-35(43-28-48)45-37(49)34(27-53-26-30-13-9-7-10-14-30)44-39(51)42(5,6)46-40(52)54-41(2,3)4/h7-20,25,28-29,34,36H,21-24,26-27H2,1-6H3,(H,44,51)(H,45,49)(H,46,52)/t34-,36?/m1/s1. The van der Waals surface area contributed by atoms with Crippen molar-refractivity contribution in [2.24, 2.45) is 5.92 Å². The second kappa shape index (κ2) is 17.6. The van der Waals surface area contributed by atoms with Crippen LogP contribution in [0.1, 0.15) is 71.6 Å². The fourth-order valence-corrected chi connectivity index (χ4v) is 6.09. The number of anilines is 1. The van der Waals surface area contributed by atoms with Gasteiger partial charge in [-0.3, -0.25) is 14.4 Å². The first kappa shape index (κ1) is 39.7. The molecule has 0 radical (unpaired) electrons. The molecule has 2 heterocycles. The Kier molecular flexibility index (Phi) is 12.9. The molecule has 1 saturated heterocycles. The molecule has 286 valence electrons. The fraction of sp³-hybridized carbons (Fsp3) is 0.405. The van der Waals surface area contributed by atoms with Crippen LogP contribution in [0.15, 0.2) is 97.5 Å². The topological polar surface area (TPSA) is 144 Å². The van der Waals surface area contributed by atoms with Crippen LogP contribution in [0.3, 0.4) is 0 Å². The molecule has 0 aliphatic carbocycles. The summed E-state index contributed by atoms with van der Waals surface area (Å²) in [7, 11) is 0. The molecule has 12 heteroatoms. The van der Waals surface area contributed by atoms with E-state index in [1.54, 1.807) is 31.5 Å². The molecule has 0 bridgehead atoms. The maximum atomic E-state index is 14.2. The maximum absolute atomic E-state index is 14.2. The van der Waals surface area contributed by atoms with Crippen LogP contribution in [-0.4, -0.2) is 75.1 Å². The van der Waals surface area contributed by atoms with Crippen LogP contribution < -0.4 is 16.0 Å². The van der Waals surface area contributed by atoms with Crippen LogP contribution in [0, 0.1) is 5.92 Å². The average Bonchev–Trinajstić information content (AvgIpc) is 3.59. The van der Waals surface area contributed by atoms with Crippen LogP contribution in [0.2, 0.25) is 0 Å². The van der Waals surface area contributed by atoms with Crippen molar-refractivity contribution in [2.75, 3.05) is 25.0 Å². The molecule has 0 spiro atoms. The number of piperidine rings is 1. The molecule has 1 aromatic heterocycles. The number of alkyl carbamates (subject to hydrolysis) is 1. The van der Waals surface area contributed by atoms with E-state index < -0.39 is 41.1 Å². The van der Waals surface area contributed by atoms with Gasteiger partial charge in [-0.25, -0.2) is 9.78 Å². The van der Waals surface area contributed by atoms with E-state index in [1.807, 2.05) is 89.8 Å². The average molecular weight is 737 g/mol.